The Bertz CT molecular complexity index is 782. The van der Waals surface area contributed by atoms with Crippen LogP contribution in [0, 0.1) is 0 Å². The van der Waals surface area contributed by atoms with Gasteiger partial charge in [0.15, 0.2) is 0 Å². The molecule has 122 valence electrons. The molecule has 0 saturated carbocycles. The fraction of sp³-hybridized carbons (Fsp3) is 0.235. The Labute approximate surface area is 136 Å². The van der Waals surface area contributed by atoms with E-state index in [1.165, 1.54) is 0 Å². The van der Waals surface area contributed by atoms with Gasteiger partial charge in [-0.2, -0.15) is 0 Å². The third kappa shape index (κ3) is 5.10. The highest BCUT2D eigenvalue weighted by Crippen LogP contribution is 2.14. The van der Waals surface area contributed by atoms with Crippen molar-refractivity contribution in [1.82, 2.24) is 0 Å². The van der Waals surface area contributed by atoms with Crippen LogP contribution in [0.3, 0.4) is 0 Å². The molecule has 0 radical (unpaired) electrons. The molecule has 6 heteroatoms. The summed E-state index contributed by atoms with van der Waals surface area (Å²) in [6.45, 7) is 1.59. The van der Waals surface area contributed by atoms with E-state index in [0.717, 1.165) is 24.0 Å². The number of hydrogen-bond donors (Lipinski definition) is 2. The molecule has 5 nitrogen and oxygen atoms in total. The highest BCUT2D eigenvalue weighted by Gasteiger charge is 2.07. The van der Waals surface area contributed by atoms with E-state index in [2.05, 4.69) is 4.72 Å². The topological polar surface area (TPSA) is 83.5 Å². The number of sulfonamides is 1. The van der Waals surface area contributed by atoms with Gasteiger partial charge in [-0.3, -0.25) is 4.72 Å². The van der Waals surface area contributed by atoms with Crippen LogP contribution in [-0.4, -0.2) is 25.2 Å². The highest BCUT2D eigenvalue weighted by molar-refractivity contribution is 7.92. The van der Waals surface area contributed by atoms with E-state index >= 15 is 0 Å². The standard InChI is InChI=1S/C17H19NO4S/c1-2-23(21,22)18-16-10-8-13(9-11-16)6-7-14-4-3-5-15(12-14)17(19)20/h3-5,8-12,18H,2,6-7H2,1H3,(H,19,20). The lowest BCUT2D eigenvalue weighted by molar-refractivity contribution is 0.0696. The summed E-state index contributed by atoms with van der Waals surface area (Å²) < 4.78 is 25.5. The first kappa shape index (κ1) is 17.0. The number of carbonyl (C=O) groups is 1. The van der Waals surface area contributed by atoms with Crippen molar-refractivity contribution >= 4 is 21.7 Å². The Kier molecular flexibility index (Phi) is 5.39. The first-order valence-electron chi connectivity index (χ1n) is 7.31. The molecule has 0 fully saturated rings. The van der Waals surface area contributed by atoms with Crippen molar-refractivity contribution in [1.29, 1.82) is 0 Å². The van der Waals surface area contributed by atoms with Gasteiger partial charge in [-0.05, 0) is 55.2 Å². The van der Waals surface area contributed by atoms with Crippen molar-refractivity contribution < 1.29 is 18.3 Å². The van der Waals surface area contributed by atoms with Crippen LogP contribution in [0.25, 0.3) is 0 Å². The Hall–Kier alpha value is -2.34. The fourth-order valence-corrected chi connectivity index (χ4v) is 2.78. The van der Waals surface area contributed by atoms with Crippen molar-refractivity contribution in [3.8, 4) is 0 Å². The van der Waals surface area contributed by atoms with E-state index < -0.39 is 16.0 Å². The minimum Gasteiger partial charge on any atom is -0.478 e. The van der Waals surface area contributed by atoms with Crippen LogP contribution in [0.2, 0.25) is 0 Å². The number of benzene rings is 2. The fourth-order valence-electron chi connectivity index (χ4n) is 2.14. The quantitative estimate of drug-likeness (QED) is 0.816. The molecule has 0 heterocycles. The van der Waals surface area contributed by atoms with Crippen molar-refractivity contribution in [3.63, 3.8) is 0 Å². The predicted molar refractivity (Wildman–Crippen MR) is 90.3 cm³/mol. The second-order valence-corrected chi connectivity index (χ2v) is 7.22. The summed E-state index contributed by atoms with van der Waals surface area (Å²) in [6, 6.07) is 14.1. The lowest BCUT2D eigenvalue weighted by atomic mass is 10.0. The van der Waals surface area contributed by atoms with Gasteiger partial charge in [0.05, 0.1) is 11.3 Å². The molecule has 2 N–H and O–H groups in total. The Morgan fingerprint density at radius 3 is 2.30 bits per heavy atom. The number of anilines is 1. The lowest BCUT2D eigenvalue weighted by Gasteiger charge is -2.07. The van der Waals surface area contributed by atoms with Crippen LogP contribution >= 0.6 is 0 Å². The third-order valence-corrected chi connectivity index (χ3v) is 4.79. The van der Waals surface area contributed by atoms with Gasteiger partial charge in [0.25, 0.3) is 0 Å². The van der Waals surface area contributed by atoms with Gasteiger partial charge < -0.3 is 5.11 Å². The van der Waals surface area contributed by atoms with Crippen LogP contribution in [0.5, 0.6) is 0 Å². The number of aromatic carboxylic acids is 1. The van der Waals surface area contributed by atoms with E-state index in [4.69, 9.17) is 5.11 Å². The van der Waals surface area contributed by atoms with Gasteiger partial charge in [0.1, 0.15) is 0 Å². The molecule has 0 bridgehead atoms. The molecule has 2 aromatic rings. The molecule has 0 unspecified atom stereocenters. The number of rotatable bonds is 7. The average Bonchev–Trinajstić information content (AvgIpc) is 2.54. The normalized spacial score (nSPS) is 11.2. The average molecular weight is 333 g/mol. The van der Waals surface area contributed by atoms with Crippen LogP contribution in [0.15, 0.2) is 48.5 Å². The van der Waals surface area contributed by atoms with Gasteiger partial charge in [0, 0.05) is 5.69 Å². The van der Waals surface area contributed by atoms with E-state index in [9.17, 15) is 13.2 Å². The van der Waals surface area contributed by atoms with Crippen molar-refractivity contribution in [2.75, 3.05) is 10.5 Å². The molecule has 2 rings (SSSR count). The maximum absolute atomic E-state index is 11.5. The molecule has 0 atom stereocenters. The van der Waals surface area contributed by atoms with Crippen molar-refractivity contribution in [2.45, 2.75) is 19.8 Å². The number of aryl methyl sites for hydroxylation is 2. The predicted octanol–water partition coefficient (Wildman–Crippen LogP) is 2.93. The van der Waals surface area contributed by atoms with Crippen LogP contribution in [0.4, 0.5) is 5.69 Å². The zero-order valence-electron chi connectivity index (χ0n) is 12.8. The molecule has 0 spiro atoms. The molecule has 0 amide bonds. The molecule has 23 heavy (non-hydrogen) atoms. The maximum Gasteiger partial charge on any atom is 0.335 e. The molecule has 0 aromatic heterocycles. The first-order chi connectivity index (χ1) is 10.9. The zero-order chi connectivity index (χ0) is 16.9. The van der Waals surface area contributed by atoms with Crippen molar-refractivity contribution in [2.24, 2.45) is 0 Å². The summed E-state index contributed by atoms with van der Waals surface area (Å²) in [5.74, 6) is -0.895. The smallest absolute Gasteiger partial charge is 0.335 e. The molecule has 2 aromatic carbocycles. The lowest BCUT2D eigenvalue weighted by Crippen LogP contribution is -2.14. The second-order valence-electron chi connectivity index (χ2n) is 5.21. The minimum absolute atomic E-state index is 0.0364. The molecular weight excluding hydrogens is 314 g/mol. The molecular formula is C17H19NO4S. The van der Waals surface area contributed by atoms with Gasteiger partial charge in [-0.15, -0.1) is 0 Å². The van der Waals surface area contributed by atoms with E-state index in [1.807, 2.05) is 18.2 Å². The number of nitrogens with one attached hydrogen (secondary N) is 1. The van der Waals surface area contributed by atoms with Crippen LogP contribution < -0.4 is 4.72 Å². The third-order valence-electron chi connectivity index (χ3n) is 3.48. The molecule has 0 aliphatic carbocycles. The summed E-state index contributed by atoms with van der Waals surface area (Å²) in [7, 11) is -3.26. The summed E-state index contributed by atoms with van der Waals surface area (Å²) in [5.41, 5.74) is 2.85. The summed E-state index contributed by atoms with van der Waals surface area (Å²) in [5, 5.41) is 8.98. The van der Waals surface area contributed by atoms with Crippen LogP contribution in [0.1, 0.15) is 28.4 Å². The first-order valence-corrected chi connectivity index (χ1v) is 8.96. The molecule has 0 aliphatic heterocycles. The molecule has 0 aliphatic rings. The number of hydrogen-bond acceptors (Lipinski definition) is 3. The second kappa shape index (κ2) is 7.28. The number of carboxylic acid groups (broad SMARTS) is 1. The largest absolute Gasteiger partial charge is 0.478 e. The SMILES string of the molecule is CCS(=O)(=O)Nc1ccc(CCc2cccc(C(=O)O)c2)cc1. The maximum atomic E-state index is 11.5. The van der Waals surface area contributed by atoms with Gasteiger partial charge >= 0.3 is 5.97 Å². The Morgan fingerprint density at radius 2 is 1.70 bits per heavy atom. The Balaban J connectivity index is 1.99. The van der Waals surface area contributed by atoms with E-state index in [1.54, 1.807) is 37.3 Å². The van der Waals surface area contributed by atoms with E-state index in [-0.39, 0.29) is 11.3 Å². The van der Waals surface area contributed by atoms with E-state index in [0.29, 0.717) is 5.69 Å². The minimum atomic E-state index is -3.26. The zero-order valence-corrected chi connectivity index (χ0v) is 13.6. The summed E-state index contributed by atoms with van der Waals surface area (Å²) in [4.78, 5) is 10.9. The Morgan fingerprint density at radius 1 is 1.04 bits per heavy atom. The summed E-state index contributed by atoms with van der Waals surface area (Å²) >= 11 is 0. The summed E-state index contributed by atoms with van der Waals surface area (Å²) in [6.07, 6.45) is 1.48. The van der Waals surface area contributed by atoms with Gasteiger partial charge in [-0.25, -0.2) is 13.2 Å². The highest BCUT2D eigenvalue weighted by atomic mass is 32.2. The van der Waals surface area contributed by atoms with Gasteiger partial charge in [-0.1, -0.05) is 24.3 Å². The van der Waals surface area contributed by atoms with Crippen LogP contribution in [-0.2, 0) is 22.9 Å². The van der Waals surface area contributed by atoms with Crippen molar-refractivity contribution in [3.05, 3.63) is 65.2 Å². The monoisotopic (exact) mass is 333 g/mol. The molecule has 0 saturated heterocycles. The number of carboxylic acids is 1. The van der Waals surface area contributed by atoms with Gasteiger partial charge in [0.2, 0.25) is 10.0 Å².